The molecule has 0 amide bonds. The van der Waals surface area contributed by atoms with E-state index in [4.69, 9.17) is 0 Å². The van der Waals surface area contributed by atoms with Gasteiger partial charge in [-0.05, 0) is 61.1 Å². The van der Waals surface area contributed by atoms with Crippen molar-refractivity contribution in [1.82, 2.24) is 0 Å². The molecule has 1 saturated carbocycles. The van der Waals surface area contributed by atoms with Crippen molar-refractivity contribution in [2.24, 2.45) is 11.8 Å². The van der Waals surface area contributed by atoms with Gasteiger partial charge in [-0.25, -0.2) is 13.2 Å². The molecule has 0 saturated heterocycles. The molecule has 1 aliphatic rings. The highest BCUT2D eigenvalue weighted by molar-refractivity contribution is 5.23. The predicted molar refractivity (Wildman–Crippen MR) is 107 cm³/mol. The van der Waals surface area contributed by atoms with E-state index in [1.54, 1.807) is 0 Å². The first-order valence-electron chi connectivity index (χ1n) is 11.2. The predicted octanol–water partition coefficient (Wildman–Crippen LogP) is 8.54. The van der Waals surface area contributed by atoms with E-state index in [1.807, 2.05) is 0 Å². The minimum atomic E-state index is -1.35. The fraction of sp³-hybridized carbons (Fsp3) is 0.750. The van der Waals surface area contributed by atoms with Crippen molar-refractivity contribution in [3.05, 3.63) is 35.1 Å². The summed E-state index contributed by atoms with van der Waals surface area (Å²) in [5.41, 5.74) is 0.628. The van der Waals surface area contributed by atoms with E-state index in [0.29, 0.717) is 5.56 Å². The zero-order chi connectivity index (χ0) is 19.6. The van der Waals surface area contributed by atoms with Crippen LogP contribution in [-0.2, 0) is 0 Å². The summed E-state index contributed by atoms with van der Waals surface area (Å²) in [6, 6.07) is 2.37. The number of benzene rings is 1. The van der Waals surface area contributed by atoms with Gasteiger partial charge in [-0.3, -0.25) is 0 Å². The minimum Gasteiger partial charge on any atom is -0.204 e. The zero-order valence-electron chi connectivity index (χ0n) is 17.2. The fourth-order valence-electron chi connectivity index (χ4n) is 4.70. The van der Waals surface area contributed by atoms with Crippen LogP contribution in [0.15, 0.2) is 12.1 Å². The highest BCUT2D eigenvalue weighted by Gasteiger charge is 2.24. The van der Waals surface area contributed by atoms with Gasteiger partial charge >= 0.3 is 0 Å². The zero-order valence-corrected chi connectivity index (χ0v) is 17.2. The molecule has 0 heterocycles. The monoisotopic (exact) mass is 382 g/mol. The van der Waals surface area contributed by atoms with Gasteiger partial charge in [0, 0.05) is 0 Å². The number of halogens is 3. The summed E-state index contributed by atoms with van der Waals surface area (Å²) in [5.74, 6) is -1.65. The lowest BCUT2D eigenvalue weighted by Crippen LogP contribution is -2.14. The molecule has 1 atom stereocenters. The topological polar surface area (TPSA) is 0 Å². The van der Waals surface area contributed by atoms with E-state index in [0.717, 1.165) is 37.5 Å². The Morgan fingerprint density at radius 3 is 2.00 bits per heavy atom. The Hall–Kier alpha value is -0.990. The van der Waals surface area contributed by atoms with Gasteiger partial charge in [0.15, 0.2) is 17.5 Å². The Balaban J connectivity index is 1.66. The summed E-state index contributed by atoms with van der Waals surface area (Å²) in [4.78, 5) is 0. The summed E-state index contributed by atoms with van der Waals surface area (Å²) < 4.78 is 40.0. The lowest BCUT2D eigenvalue weighted by molar-refractivity contribution is 0.295. The molecule has 0 bridgehead atoms. The lowest BCUT2D eigenvalue weighted by Gasteiger charge is -2.29. The third kappa shape index (κ3) is 7.16. The van der Waals surface area contributed by atoms with Crippen LogP contribution >= 0.6 is 0 Å². The molecule has 1 aromatic carbocycles. The van der Waals surface area contributed by atoms with Gasteiger partial charge in [-0.1, -0.05) is 71.6 Å². The molecular formula is C24H37F3. The maximum atomic E-state index is 13.5. The van der Waals surface area contributed by atoms with E-state index < -0.39 is 17.5 Å². The highest BCUT2D eigenvalue weighted by Crippen LogP contribution is 2.38. The third-order valence-corrected chi connectivity index (χ3v) is 6.59. The van der Waals surface area contributed by atoms with Gasteiger partial charge in [0.2, 0.25) is 0 Å². The standard InChI is InChI=1S/C24H37F3/c1-3-5-6-9-18(4-2)10-7-8-11-19-12-14-20(15-13-19)21-16-22(25)24(27)23(26)17-21/h16-20H,3-15H2,1-2H3. The van der Waals surface area contributed by atoms with Crippen molar-refractivity contribution in [1.29, 1.82) is 0 Å². The van der Waals surface area contributed by atoms with Crippen LogP contribution in [-0.4, -0.2) is 0 Å². The normalized spacial score (nSPS) is 21.4. The number of hydrogen-bond donors (Lipinski definition) is 0. The molecule has 0 aromatic heterocycles. The van der Waals surface area contributed by atoms with Crippen LogP contribution in [0, 0.1) is 29.3 Å². The van der Waals surface area contributed by atoms with E-state index >= 15 is 0 Å². The molecular weight excluding hydrogens is 345 g/mol. The van der Waals surface area contributed by atoms with Crippen LogP contribution in [0.5, 0.6) is 0 Å². The van der Waals surface area contributed by atoms with Crippen molar-refractivity contribution < 1.29 is 13.2 Å². The molecule has 2 rings (SSSR count). The van der Waals surface area contributed by atoms with E-state index in [9.17, 15) is 13.2 Å². The molecule has 1 aromatic rings. The van der Waals surface area contributed by atoms with Crippen LogP contribution in [0.3, 0.4) is 0 Å². The van der Waals surface area contributed by atoms with Gasteiger partial charge in [-0.15, -0.1) is 0 Å². The molecule has 154 valence electrons. The molecule has 27 heavy (non-hydrogen) atoms. The molecule has 3 heteroatoms. The summed E-state index contributed by atoms with van der Waals surface area (Å²) >= 11 is 0. The minimum absolute atomic E-state index is 0.175. The first-order chi connectivity index (χ1) is 13.0. The lowest BCUT2D eigenvalue weighted by atomic mass is 9.77. The van der Waals surface area contributed by atoms with Crippen LogP contribution < -0.4 is 0 Å². The molecule has 0 radical (unpaired) electrons. The summed E-state index contributed by atoms with van der Waals surface area (Å²) in [6.07, 6.45) is 16.2. The van der Waals surface area contributed by atoms with Gasteiger partial charge in [0.1, 0.15) is 0 Å². The molecule has 0 N–H and O–H groups in total. The molecule has 0 aliphatic heterocycles. The summed E-state index contributed by atoms with van der Waals surface area (Å²) in [6.45, 7) is 4.58. The number of hydrogen-bond acceptors (Lipinski definition) is 0. The van der Waals surface area contributed by atoms with Crippen molar-refractivity contribution in [2.75, 3.05) is 0 Å². The summed E-state index contributed by atoms with van der Waals surface area (Å²) in [7, 11) is 0. The van der Waals surface area contributed by atoms with E-state index in [1.165, 1.54) is 69.9 Å². The SMILES string of the molecule is CCCCCC(CC)CCCCC1CCC(c2cc(F)c(F)c(F)c2)CC1. The maximum Gasteiger partial charge on any atom is 0.194 e. The van der Waals surface area contributed by atoms with E-state index in [-0.39, 0.29) is 5.92 Å². The van der Waals surface area contributed by atoms with E-state index in [2.05, 4.69) is 13.8 Å². The fourth-order valence-corrected chi connectivity index (χ4v) is 4.70. The van der Waals surface area contributed by atoms with Gasteiger partial charge in [0.25, 0.3) is 0 Å². The highest BCUT2D eigenvalue weighted by atomic mass is 19.2. The van der Waals surface area contributed by atoms with Gasteiger partial charge < -0.3 is 0 Å². The molecule has 0 spiro atoms. The van der Waals surface area contributed by atoms with Crippen molar-refractivity contribution in [3.63, 3.8) is 0 Å². The number of rotatable bonds is 11. The Kier molecular flexibility index (Phi) is 9.72. The molecule has 1 aliphatic carbocycles. The van der Waals surface area contributed by atoms with Crippen molar-refractivity contribution >= 4 is 0 Å². The van der Waals surface area contributed by atoms with Gasteiger partial charge in [0.05, 0.1) is 0 Å². The van der Waals surface area contributed by atoms with Crippen LogP contribution in [0.4, 0.5) is 13.2 Å². The Morgan fingerprint density at radius 2 is 1.44 bits per heavy atom. The second kappa shape index (κ2) is 11.8. The Labute approximate surface area is 163 Å². The van der Waals surface area contributed by atoms with Crippen molar-refractivity contribution in [3.8, 4) is 0 Å². The average molecular weight is 383 g/mol. The molecule has 1 unspecified atom stereocenters. The molecule has 1 fully saturated rings. The summed E-state index contributed by atoms with van der Waals surface area (Å²) in [5, 5.41) is 0. The van der Waals surface area contributed by atoms with Crippen LogP contribution in [0.1, 0.15) is 109 Å². The first-order valence-corrected chi connectivity index (χ1v) is 11.2. The Morgan fingerprint density at radius 1 is 0.852 bits per heavy atom. The average Bonchev–Trinajstić information content (AvgIpc) is 2.68. The molecule has 0 nitrogen and oxygen atoms in total. The smallest absolute Gasteiger partial charge is 0.194 e. The van der Waals surface area contributed by atoms with Crippen LogP contribution in [0.25, 0.3) is 0 Å². The van der Waals surface area contributed by atoms with Gasteiger partial charge in [-0.2, -0.15) is 0 Å². The Bertz CT molecular complexity index is 524. The third-order valence-electron chi connectivity index (χ3n) is 6.59. The largest absolute Gasteiger partial charge is 0.204 e. The van der Waals surface area contributed by atoms with Crippen LogP contribution in [0.2, 0.25) is 0 Å². The number of unbranched alkanes of at least 4 members (excludes halogenated alkanes) is 3. The maximum absolute atomic E-state index is 13.5. The second-order valence-corrected chi connectivity index (χ2v) is 8.57. The first kappa shape index (κ1) is 22.3. The van der Waals surface area contributed by atoms with Crippen molar-refractivity contribution in [2.45, 2.75) is 103 Å². The second-order valence-electron chi connectivity index (χ2n) is 8.57. The quantitative estimate of drug-likeness (QED) is 0.266.